The zero-order valence-corrected chi connectivity index (χ0v) is 19.4. The van der Waals surface area contributed by atoms with Gasteiger partial charge in [-0.3, -0.25) is 14.6 Å². The number of carbonyl (C=O) groups excluding carboxylic acids is 1. The van der Waals surface area contributed by atoms with E-state index in [-0.39, 0.29) is 11.9 Å². The highest BCUT2D eigenvalue weighted by Crippen LogP contribution is 2.26. The molecule has 1 atom stereocenters. The van der Waals surface area contributed by atoms with Crippen molar-refractivity contribution >= 4 is 5.91 Å². The molecule has 174 valence electrons. The Balaban J connectivity index is 1.29. The van der Waals surface area contributed by atoms with E-state index in [1.54, 1.807) is 14.2 Å². The Bertz CT molecular complexity index is 907. The van der Waals surface area contributed by atoms with Crippen molar-refractivity contribution in [3.8, 4) is 11.5 Å². The monoisotopic (exact) mass is 442 g/mol. The third kappa shape index (κ3) is 5.24. The van der Waals surface area contributed by atoms with Gasteiger partial charge in [-0.05, 0) is 44.4 Å². The van der Waals surface area contributed by atoms with E-state index in [2.05, 4.69) is 21.7 Å². The maximum absolute atomic E-state index is 12.8. The van der Waals surface area contributed by atoms with Crippen LogP contribution in [0.3, 0.4) is 0 Å². The molecule has 1 unspecified atom stereocenters. The first-order valence-corrected chi connectivity index (χ1v) is 11.5. The van der Waals surface area contributed by atoms with Gasteiger partial charge in [0.1, 0.15) is 17.8 Å². The van der Waals surface area contributed by atoms with Gasteiger partial charge in [-0.25, -0.2) is 4.98 Å². The molecular weight excluding hydrogens is 408 g/mol. The van der Waals surface area contributed by atoms with Gasteiger partial charge < -0.3 is 18.8 Å². The zero-order chi connectivity index (χ0) is 22.5. The van der Waals surface area contributed by atoms with Crippen LogP contribution in [0.2, 0.25) is 0 Å². The van der Waals surface area contributed by atoms with Crippen LogP contribution in [0.4, 0.5) is 0 Å². The van der Waals surface area contributed by atoms with Gasteiger partial charge in [0.15, 0.2) is 5.69 Å². The number of amides is 1. The van der Waals surface area contributed by atoms with Crippen LogP contribution in [0.1, 0.15) is 48.1 Å². The van der Waals surface area contributed by atoms with E-state index >= 15 is 0 Å². The van der Waals surface area contributed by atoms with Gasteiger partial charge in [-0.1, -0.05) is 0 Å². The van der Waals surface area contributed by atoms with Crippen LogP contribution in [-0.2, 0) is 13.1 Å². The summed E-state index contributed by atoms with van der Waals surface area (Å²) >= 11 is 0. The second-order valence-corrected chi connectivity index (χ2v) is 8.70. The number of benzene rings is 1. The summed E-state index contributed by atoms with van der Waals surface area (Å²) in [5.41, 5.74) is 1.56. The minimum atomic E-state index is -0.00995. The summed E-state index contributed by atoms with van der Waals surface area (Å²) in [4.78, 5) is 24.0. The van der Waals surface area contributed by atoms with E-state index in [1.165, 1.54) is 12.7 Å². The first-order chi connectivity index (χ1) is 15.6. The number of ether oxygens (including phenoxy) is 2. The molecule has 1 aromatic carbocycles. The van der Waals surface area contributed by atoms with Gasteiger partial charge in [-0.15, -0.1) is 0 Å². The third-order valence-corrected chi connectivity index (χ3v) is 6.54. The number of aromatic nitrogens is 1. The third-order valence-electron chi connectivity index (χ3n) is 6.54. The molecule has 1 amide bonds. The summed E-state index contributed by atoms with van der Waals surface area (Å²) in [5, 5.41) is 0. The summed E-state index contributed by atoms with van der Waals surface area (Å²) in [7, 11) is 3.38. The zero-order valence-electron chi connectivity index (χ0n) is 19.4. The molecule has 0 spiro atoms. The molecule has 2 aromatic rings. The first kappa shape index (κ1) is 22.6. The van der Waals surface area contributed by atoms with Crippen molar-refractivity contribution in [1.29, 1.82) is 0 Å². The molecule has 2 fully saturated rings. The van der Waals surface area contributed by atoms with Crippen LogP contribution in [-0.4, -0.2) is 78.6 Å². The van der Waals surface area contributed by atoms with Crippen molar-refractivity contribution in [1.82, 2.24) is 19.7 Å². The molecule has 1 aromatic heterocycles. The van der Waals surface area contributed by atoms with E-state index in [4.69, 9.17) is 13.9 Å². The van der Waals surface area contributed by atoms with E-state index < -0.39 is 0 Å². The standard InChI is InChI=1S/C24H34N4O4/c1-18-6-4-5-9-28(18)24(29)21-17-32-23(25-21)16-27-12-10-26(11-13-27)15-19-14-20(30-2)7-8-22(19)31-3/h7-8,14,17-18H,4-6,9-13,15-16H2,1-3H3. The van der Waals surface area contributed by atoms with E-state index in [0.29, 0.717) is 18.1 Å². The molecule has 8 heteroatoms. The largest absolute Gasteiger partial charge is 0.497 e. The van der Waals surface area contributed by atoms with Crippen molar-refractivity contribution in [3.05, 3.63) is 41.6 Å². The Morgan fingerprint density at radius 3 is 2.50 bits per heavy atom. The number of nitrogens with zero attached hydrogens (tertiary/aromatic N) is 4. The number of carbonyl (C=O) groups is 1. The SMILES string of the molecule is COc1ccc(OC)c(CN2CCN(Cc3nc(C(=O)N4CCCCC4C)co3)CC2)c1. The lowest BCUT2D eigenvalue weighted by atomic mass is 10.0. The molecule has 3 heterocycles. The number of likely N-dealkylation sites (tertiary alicyclic amines) is 1. The van der Waals surface area contributed by atoms with Crippen molar-refractivity contribution in [3.63, 3.8) is 0 Å². The highest BCUT2D eigenvalue weighted by Gasteiger charge is 2.27. The van der Waals surface area contributed by atoms with Crippen molar-refractivity contribution in [2.75, 3.05) is 46.9 Å². The minimum Gasteiger partial charge on any atom is -0.497 e. The number of rotatable bonds is 7. The quantitative estimate of drug-likeness (QED) is 0.653. The molecule has 8 nitrogen and oxygen atoms in total. The van der Waals surface area contributed by atoms with Gasteiger partial charge in [-0.2, -0.15) is 0 Å². The van der Waals surface area contributed by atoms with Gasteiger partial charge in [0.05, 0.1) is 20.8 Å². The fourth-order valence-electron chi connectivity index (χ4n) is 4.57. The molecule has 4 rings (SSSR count). The first-order valence-electron chi connectivity index (χ1n) is 11.5. The molecule has 0 radical (unpaired) electrons. The van der Waals surface area contributed by atoms with Crippen LogP contribution >= 0.6 is 0 Å². The highest BCUT2D eigenvalue weighted by atomic mass is 16.5. The maximum Gasteiger partial charge on any atom is 0.276 e. The number of piperazine rings is 1. The molecule has 0 saturated carbocycles. The second kappa shape index (κ2) is 10.4. The average molecular weight is 443 g/mol. The molecule has 2 saturated heterocycles. The molecule has 0 N–H and O–H groups in total. The second-order valence-electron chi connectivity index (χ2n) is 8.70. The molecule has 32 heavy (non-hydrogen) atoms. The van der Waals surface area contributed by atoms with E-state index in [9.17, 15) is 4.79 Å². The smallest absolute Gasteiger partial charge is 0.276 e. The predicted molar refractivity (Wildman–Crippen MR) is 121 cm³/mol. The lowest BCUT2D eigenvalue weighted by Gasteiger charge is -2.34. The number of oxazole rings is 1. The van der Waals surface area contributed by atoms with E-state index in [0.717, 1.165) is 69.2 Å². The van der Waals surface area contributed by atoms with Crippen LogP contribution in [0.15, 0.2) is 28.9 Å². The summed E-state index contributed by atoms with van der Waals surface area (Å²) in [6.45, 7) is 8.08. The summed E-state index contributed by atoms with van der Waals surface area (Å²) in [6, 6.07) is 6.19. The van der Waals surface area contributed by atoms with Gasteiger partial charge >= 0.3 is 0 Å². The van der Waals surface area contributed by atoms with Crippen molar-refractivity contribution in [2.24, 2.45) is 0 Å². The number of hydrogen-bond acceptors (Lipinski definition) is 7. The van der Waals surface area contributed by atoms with Gasteiger partial charge in [0.2, 0.25) is 5.89 Å². The topological polar surface area (TPSA) is 71.3 Å². The van der Waals surface area contributed by atoms with Gasteiger partial charge in [0, 0.05) is 50.9 Å². The number of hydrogen-bond donors (Lipinski definition) is 0. The van der Waals surface area contributed by atoms with Crippen LogP contribution in [0.5, 0.6) is 11.5 Å². The Morgan fingerprint density at radius 2 is 1.81 bits per heavy atom. The lowest BCUT2D eigenvalue weighted by molar-refractivity contribution is 0.0629. The van der Waals surface area contributed by atoms with Crippen LogP contribution in [0, 0.1) is 0 Å². The minimum absolute atomic E-state index is 0.00995. The summed E-state index contributed by atoms with van der Waals surface area (Å²) < 4.78 is 16.5. The number of methoxy groups -OCH3 is 2. The Kier molecular flexibility index (Phi) is 7.32. The Hall–Kier alpha value is -2.58. The maximum atomic E-state index is 12.8. The van der Waals surface area contributed by atoms with Crippen LogP contribution in [0.25, 0.3) is 0 Å². The fraction of sp³-hybridized carbons (Fsp3) is 0.583. The van der Waals surface area contributed by atoms with E-state index in [1.807, 2.05) is 23.1 Å². The highest BCUT2D eigenvalue weighted by molar-refractivity contribution is 5.92. The lowest BCUT2D eigenvalue weighted by Crippen LogP contribution is -2.45. The van der Waals surface area contributed by atoms with Crippen LogP contribution < -0.4 is 9.47 Å². The molecule has 2 aliphatic rings. The molecular formula is C24H34N4O4. The van der Waals surface area contributed by atoms with Crippen molar-refractivity contribution in [2.45, 2.75) is 45.3 Å². The fourth-order valence-corrected chi connectivity index (χ4v) is 4.57. The van der Waals surface area contributed by atoms with Crippen molar-refractivity contribution < 1.29 is 18.7 Å². The predicted octanol–water partition coefficient (Wildman–Crippen LogP) is 3.02. The summed E-state index contributed by atoms with van der Waals surface area (Å²) in [5.74, 6) is 2.33. The Labute approximate surface area is 190 Å². The Morgan fingerprint density at radius 1 is 1.06 bits per heavy atom. The summed E-state index contributed by atoms with van der Waals surface area (Å²) in [6.07, 6.45) is 4.82. The normalized spacial score (nSPS) is 20.3. The molecule has 0 aliphatic carbocycles. The number of piperidine rings is 1. The average Bonchev–Trinajstić information content (AvgIpc) is 3.28. The molecule has 2 aliphatic heterocycles. The molecule has 0 bridgehead atoms. The van der Waals surface area contributed by atoms with Gasteiger partial charge in [0.25, 0.3) is 5.91 Å².